The summed E-state index contributed by atoms with van der Waals surface area (Å²) < 4.78 is 2.59. The maximum atomic E-state index is 12.2. The molecule has 0 saturated heterocycles. The van der Waals surface area contributed by atoms with E-state index in [4.69, 9.17) is 11.6 Å². The summed E-state index contributed by atoms with van der Waals surface area (Å²) >= 11 is 9.44. The van der Waals surface area contributed by atoms with Crippen LogP contribution in [0.2, 0.25) is 5.02 Å². The fraction of sp³-hybridized carbons (Fsp3) is 0.231. The van der Waals surface area contributed by atoms with E-state index in [1.54, 1.807) is 16.9 Å². The molecule has 0 bridgehead atoms. The van der Waals surface area contributed by atoms with Gasteiger partial charge in [-0.1, -0.05) is 33.6 Å². The minimum absolute atomic E-state index is 0.0322. The molecule has 5 heteroatoms. The zero-order valence-corrected chi connectivity index (χ0v) is 12.4. The van der Waals surface area contributed by atoms with E-state index in [-0.39, 0.29) is 5.78 Å². The van der Waals surface area contributed by atoms with Crippen LogP contribution in [0.5, 0.6) is 0 Å². The molecule has 1 heterocycles. The van der Waals surface area contributed by atoms with E-state index in [0.29, 0.717) is 17.0 Å². The lowest BCUT2D eigenvalue weighted by Gasteiger charge is -2.04. The molecule has 18 heavy (non-hydrogen) atoms. The quantitative estimate of drug-likeness (QED) is 0.808. The van der Waals surface area contributed by atoms with E-state index in [0.717, 1.165) is 15.7 Å². The lowest BCUT2D eigenvalue weighted by Crippen LogP contribution is -2.05. The highest BCUT2D eigenvalue weighted by Crippen LogP contribution is 2.23. The Morgan fingerprint density at radius 3 is 2.78 bits per heavy atom. The monoisotopic (exact) mass is 326 g/mol. The molecule has 2 aromatic rings. The van der Waals surface area contributed by atoms with Gasteiger partial charge in [0.05, 0.1) is 11.8 Å². The van der Waals surface area contributed by atoms with E-state index in [1.807, 2.05) is 26.1 Å². The second-order valence-electron chi connectivity index (χ2n) is 4.10. The molecule has 0 atom stereocenters. The summed E-state index contributed by atoms with van der Waals surface area (Å²) in [6.45, 7) is 1.88. The van der Waals surface area contributed by atoms with Crippen molar-refractivity contribution in [2.75, 3.05) is 0 Å². The van der Waals surface area contributed by atoms with Crippen LogP contribution in [0, 0.1) is 6.92 Å². The predicted molar refractivity (Wildman–Crippen MR) is 75.1 cm³/mol. The molecule has 2 rings (SSSR count). The third-order valence-corrected chi connectivity index (χ3v) is 3.75. The largest absolute Gasteiger partial charge is 0.294 e. The SMILES string of the molecule is Cc1c(C(=O)Cc2ccc(Br)cc2Cl)cnn1C. The summed E-state index contributed by atoms with van der Waals surface area (Å²) in [5.74, 6) is 0.0322. The number of nitrogens with zero attached hydrogens (tertiary/aromatic N) is 2. The summed E-state index contributed by atoms with van der Waals surface area (Å²) in [6, 6.07) is 5.53. The van der Waals surface area contributed by atoms with Gasteiger partial charge < -0.3 is 0 Å². The van der Waals surface area contributed by atoms with Gasteiger partial charge in [0.25, 0.3) is 0 Å². The first-order chi connectivity index (χ1) is 8.49. The number of hydrogen-bond donors (Lipinski definition) is 0. The molecule has 0 saturated carbocycles. The van der Waals surface area contributed by atoms with Crippen molar-refractivity contribution < 1.29 is 4.79 Å². The van der Waals surface area contributed by atoms with Crippen LogP contribution in [0.15, 0.2) is 28.9 Å². The zero-order valence-electron chi connectivity index (χ0n) is 10.1. The number of ketones is 1. The van der Waals surface area contributed by atoms with Gasteiger partial charge in [-0.15, -0.1) is 0 Å². The molecule has 0 spiro atoms. The van der Waals surface area contributed by atoms with E-state index in [1.165, 1.54) is 0 Å². The number of benzene rings is 1. The fourth-order valence-electron chi connectivity index (χ4n) is 1.71. The molecule has 0 aliphatic carbocycles. The van der Waals surface area contributed by atoms with Crippen molar-refractivity contribution in [3.05, 3.63) is 50.7 Å². The highest BCUT2D eigenvalue weighted by Gasteiger charge is 2.14. The summed E-state index contributed by atoms with van der Waals surface area (Å²) in [5, 5.41) is 4.67. The van der Waals surface area contributed by atoms with E-state index in [2.05, 4.69) is 21.0 Å². The Bertz CT molecular complexity index is 607. The van der Waals surface area contributed by atoms with Crippen LogP contribution >= 0.6 is 27.5 Å². The highest BCUT2D eigenvalue weighted by atomic mass is 79.9. The van der Waals surface area contributed by atoms with Gasteiger partial charge in [0, 0.05) is 28.7 Å². The van der Waals surface area contributed by atoms with Crippen LogP contribution in [0.25, 0.3) is 0 Å². The third kappa shape index (κ3) is 2.65. The molecule has 0 N–H and O–H groups in total. The van der Waals surface area contributed by atoms with Crippen LogP contribution < -0.4 is 0 Å². The molecule has 0 radical (unpaired) electrons. The molecule has 1 aromatic carbocycles. The van der Waals surface area contributed by atoms with Crippen LogP contribution in [-0.4, -0.2) is 15.6 Å². The van der Waals surface area contributed by atoms with Crippen LogP contribution in [0.3, 0.4) is 0 Å². The summed E-state index contributed by atoms with van der Waals surface area (Å²) in [4.78, 5) is 12.2. The molecule has 3 nitrogen and oxygen atoms in total. The minimum Gasteiger partial charge on any atom is -0.294 e. The summed E-state index contributed by atoms with van der Waals surface area (Å²) in [5.41, 5.74) is 2.35. The Balaban J connectivity index is 2.24. The molecular formula is C13H12BrClN2O. The van der Waals surface area contributed by atoms with Gasteiger partial charge >= 0.3 is 0 Å². The number of carbonyl (C=O) groups excluding carboxylic acids is 1. The standard InChI is InChI=1S/C13H12BrClN2O/c1-8-11(7-16-17(8)2)13(18)5-9-3-4-10(14)6-12(9)15/h3-4,6-7H,5H2,1-2H3. The first kappa shape index (κ1) is 13.3. The van der Waals surface area contributed by atoms with Crippen molar-refractivity contribution in [3.63, 3.8) is 0 Å². The fourth-order valence-corrected chi connectivity index (χ4v) is 2.45. The van der Waals surface area contributed by atoms with Crippen LogP contribution in [-0.2, 0) is 13.5 Å². The second kappa shape index (κ2) is 5.24. The molecular weight excluding hydrogens is 316 g/mol. The molecule has 0 aliphatic rings. The smallest absolute Gasteiger partial charge is 0.170 e. The van der Waals surface area contributed by atoms with Gasteiger partial charge in [0.2, 0.25) is 0 Å². The van der Waals surface area contributed by atoms with Crippen LogP contribution in [0.4, 0.5) is 0 Å². The zero-order chi connectivity index (χ0) is 13.3. The van der Waals surface area contributed by atoms with Gasteiger partial charge in [-0.3, -0.25) is 9.48 Å². The Labute approximate surface area is 119 Å². The average molecular weight is 328 g/mol. The molecule has 0 unspecified atom stereocenters. The Morgan fingerprint density at radius 1 is 1.50 bits per heavy atom. The van der Waals surface area contributed by atoms with E-state index >= 15 is 0 Å². The third-order valence-electron chi connectivity index (χ3n) is 2.90. The van der Waals surface area contributed by atoms with Crippen LogP contribution in [0.1, 0.15) is 21.6 Å². The minimum atomic E-state index is 0.0322. The number of rotatable bonds is 3. The Kier molecular flexibility index (Phi) is 3.88. The molecule has 1 aromatic heterocycles. The predicted octanol–water partition coefficient (Wildman–Crippen LogP) is 3.57. The van der Waals surface area contributed by atoms with Gasteiger partial charge in [-0.25, -0.2) is 0 Å². The number of aryl methyl sites for hydroxylation is 1. The van der Waals surface area contributed by atoms with Crippen molar-refractivity contribution in [2.45, 2.75) is 13.3 Å². The molecule has 94 valence electrons. The number of hydrogen-bond acceptors (Lipinski definition) is 2. The van der Waals surface area contributed by atoms with E-state index in [9.17, 15) is 4.79 Å². The number of halogens is 2. The highest BCUT2D eigenvalue weighted by molar-refractivity contribution is 9.10. The first-order valence-electron chi connectivity index (χ1n) is 5.44. The normalized spacial score (nSPS) is 10.7. The number of Topliss-reactive ketones (excluding diaryl/α,β-unsaturated/α-hetero) is 1. The first-order valence-corrected chi connectivity index (χ1v) is 6.62. The van der Waals surface area contributed by atoms with Crippen molar-refractivity contribution >= 4 is 33.3 Å². The molecule has 0 fully saturated rings. The molecule has 0 aliphatic heterocycles. The summed E-state index contributed by atoms with van der Waals surface area (Å²) in [6.07, 6.45) is 1.89. The lowest BCUT2D eigenvalue weighted by atomic mass is 10.0. The second-order valence-corrected chi connectivity index (χ2v) is 5.43. The van der Waals surface area contributed by atoms with Crippen molar-refractivity contribution in [3.8, 4) is 0 Å². The maximum Gasteiger partial charge on any atom is 0.170 e. The van der Waals surface area contributed by atoms with Gasteiger partial charge in [-0.05, 0) is 24.6 Å². The molecule has 0 amide bonds. The van der Waals surface area contributed by atoms with Gasteiger partial charge in [-0.2, -0.15) is 5.10 Å². The van der Waals surface area contributed by atoms with Crippen molar-refractivity contribution in [1.29, 1.82) is 0 Å². The average Bonchev–Trinajstić information content (AvgIpc) is 2.64. The van der Waals surface area contributed by atoms with Gasteiger partial charge in [0.1, 0.15) is 0 Å². The summed E-state index contributed by atoms with van der Waals surface area (Å²) in [7, 11) is 1.82. The Morgan fingerprint density at radius 2 is 2.22 bits per heavy atom. The van der Waals surface area contributed by atoms with Gasteiger partial charge in [0.15, 0.2) is 5.78 Å². The van der Waals surface area contributed by atoms with E-state index < -0.39 is 0 Å². The topological polar surface area (TPSA) is 34.9 Å². The lowest BCUT2D eigenvalue weighted by molar-refractivity contribution is 0.0992. The maximum absolute atomic E-state index is 12.2. The van der Waals surface area contributed by atoms with Crippen molar-refractivity contribution in [2.24, 2.45) is 7.05 Å². The van der Waals surface area contributed by atoms with Crippen molar-refractivity contribution in [1.82, 2.24) is 9.78 Å². The number of carbonyl (C=O) groups is 1. The Hall–Kier alpha value is -1.13. The number of aromatic nitrogens is 2.